The Morgan fingerprint density at radius 2 is 1.67 bits per heavy atom. The Labute approximate surface area is 160 Å². The molecular weight excluding hydrogens is 372 g/mol. The highest BCUT2D eigenvalue weighted by Crippen LogP contribution is 2.13. The van der Waals surface area contributed by atoms with Crippen molar-refractivity contribution in [2.75, 3.05) is 13.7 Å². The Bertz CT molecular complexity index is 753. The lowest BCUT2D eigenvalue weighted by atomic mass is 10.1. The number of carbonyl (C=O) groups is 2. The molecule has 2 atom stereocenters. The topological polar surface area (TPSA) is 111 Å². The zero-order chi connectivity index (χ0) is 20.8. The average Bonchev–Trinajstić information content (AvgIpc) is 2.53. The van der Waals surface area contributed by atoms with Crippen LogP contribution in [0.4, 0.5) is 0 Å². The Hall–Kier alpha value is -1.97. The molecule has 0 saturated carbocycles. The van der Waals surface area contributed by atoms with E-state index in [9.17, 15) is 18.0 Å². The molecule has 1 aromatic carbocycles. The Balaban J connectivity index is 2.78. The minimum absolute atomic E-state index is 0.0144. The van der Waals surface area contributed by atoms with Crippen molar-refractivity contribution in [3.8, 4) is 0 Å². The summed E-state index contributed by atoms with van der Waals surface area (Å²) in [6.45, 7) is 8.84. The molecule has 0 fully saturated rings. The van der Waals surface area contributed by atoms with Crippen molar-refractivity contribution in [1.82, 2.24) is 10.0 Å². The molecule has 9 heteroatoms. The number of ether oxygens (including phenoxy) is 2. The molecule has 0 radical (unpaired) electrons. The average molecular weight is 400 g/mol. The van der Waals surface area contributed by atoms with Crippen molar-refractivity contribution in [2.24, 2.45) is 0 Å². The zero-order valence-corrected chi connectivity index (χ0v) is 17.3. The fraction of sp³-hybridized carbons (Fsp3) is 0.556. The van der Waals surface area contributed by atoms with Gasteiger partial charge in [0.2, 0.25) is 10.0 Å². The molecule has 0 saturated heterocycles. The van der Waals surface area contributed by atoms with Crippen LogP contribution in [0, 0.1) is 0 Å². The molecule has 0 heterocycles. The number of amides is 1. The molecular formula is C18H28N2O6S. The van der Waals surface area contributed by atoms with Gasteiger partial charge in [0.1, 0.15) is 0 Å². The molecule has 0 aromatic heterocycles. The van der Waals surface area contributed by atoms with E-state index in [-0.39, 0.29) is 17.1 Å². The first-order valence-electron chi connectivity index (χ1n) is 8.50. The monoisotopic (exact) mass is 400 g/mol. The lowest BCUT2D eigenvalue weighted by Gasteiger charge is -2.23. The van der Waals surface area contributed by atoms with E-state index in [1.54, 1.807) is 6.92 Å². The smallest absolute Gasteiger partial charge is 0.338 e. The molecule has 1 aromatic rings. The number of benzene rings is 1. The number of methoxy groups -OCH3 is 1. The number of hydrogen-bond acceptors (Lipinski definition) is 6. The third-order valence-corrected chi connectivity index (χ3v) is 4.93. The van der Waals surface area contributed by atoms with Crippen molar-refractivity contribution in [3.63, 3.8) is 0 Å². The van der Waals surface area contributed by atoms with Crippen molar-refractivity contribution >= 4 is 21.9 Å². The van der Waals surface area contributed by atoms with E-state index in [1.165, 1.54) is 38.3 Å². The first-order chi connectivity index (χ1) is 12.4. The van der Waals surface area contributed by atoms with Crippen LogP contribution in [-0.2, 0) is 24.3 Å². The molecule has 0 aliphatic rings. The van der Waals surface area contributed by atoms with Crippen LogP contribution in [0.3, 0.4) is 0 Å². The highest BCUT2D eigenvalue weighted by atomic mass is 32.2. The summed E-state index contributed by atoms with van der Waals surface area (Å²) in [5, 5.41) is 2.72. The summed E-state index contributed by atoms with van der Waals surface area (Å²) < 4.78 is 37.0. The number of rotatable bonds is 8. The van der Waals surface area contributed by atoms with Crippen molar-refractivity contribution in [2.45, 2.75) is 57.2 Å². The Morgan fingerprint density at radius 3 is 2.15 bits per heavy atom. The Morgan fingerprint density at radius 1 is 1.11 bits per heavy atom. The minimum Gasteiger partial charge on any atom is -0.449 e. The predicted molar refractivity (Wildman–Crippen MR) is 101 cm³/mol. The number of esters is 1. The van der Waals surface area contributed by atoms with Gasteiger partial charge in [-0.3, -0.25) is 4.79 Å². The number of carbonyl (C=O) groups excluding carboxylic acids is 2. The summed E-state index contributed by atoms with van der Waals surface area (Å²) >= 11 is 0. The van der Waals surface area contributed by atoms with Gasteiger partial charge < -0.3 is 14.8 Å². The van der Waals surface area contributed by atoms with Gasteiger partial charge in [0, 0.05) is 18.7 Å². The normalized spacial score (nSPS) is 14.3. The standard InChI is InChI=1S/C18H28N2O6S/c1-12(11-25-6)20-27(23,24)15-9-7-14(8-10-15)17(22)26-13(2)16(21)19-18(3,4)5/h7-10,12-13,20H,11H2,1-6H3,(H,19,21)/t12-,13-/m1/s1. The fourth-order valence-electron chi connectivity index (χ4n) is 2.14. The maximum absolute atomic E-state index is 12.3. The van der Waals surface area contributed by atoms with E-state index >= 15 is 0 Å². The van der Waals surface area contributed by atoms with Gasteiger partial charge in [-0.05, 0) is 58.9 Å². The molecule has 0 spiro atoms. The van der Waals surface area contributed by atoms with Gasteiger partial charge in [-0.2, -0.15) is 0 Å². The molecule has 8 nitrogen and oxygen atoms in total. The second-order valence-electron chi connectivity index (χ2n) is 7.29. The summed E-state index contributed by atoms with van der Waals surface area (Å²) in [6, 6.07) is 4.89. The van der Waals surface area contributed by atoms with Gasteiger partial charge in [-0.15, -0.1) is 0 Å². The van der Waals surface area contributed by atoms with Crippen LogP contribution in [-0.4, -0.2) is 51.7 Å². The summed E-state index contributed by atoms with van der Waals surface area (Å²) in [7, 11) is -2.25. The van der Waals surface area contributed by atoms with Gasteiger partial charge in [-0.1, -0.05) is 0 Å². The quantitative estimate of drug-likeness (QED) is 0.639. The molecule has 27 heavy (non-hydrogen) atoms. The second kappa shape index (κ2) is 9.29. The van der Waals surface area contributed by atoms with Crippen LogP contribution in [0.2, 0.25) is 0 Å². The fourth-order valence-corrected chi connectivity index (χ4v) is 3.37. The van der Waals surface area contributed by atoms with Crippen LogP contribution >= 0.6 is 0 Å². The first kappa shape index (κ1) is 23.1. The summed E-state index contributed by atoms with van der Waals surface area (Å²) in [4.78, 5) is 24.2. The number of nitrogens with one attached hydrogen (secondary N) is 2. The van der Waals surface area contributed by atoms with Crippen molar-refractivity contribution < 1.29 is 27.5 Å². The summed E-state index contributed by atoms with van der Waals surface area (Å²) in [6.07, 6.45) is -0.975. The van der Waals surface area contributed by atoms with E-state index in [0.717, 1.165) is 0 Å². The predicted octanol–water partition coefficient (Wildman–Crippen LogP) is 1.46. The molecule has 1 rings (SSSR count). The van der Waals surface area contributed by atoms with Crippen LogP contribution in [0.15, 0.2) is 29.2 Å². The van der Waals surface area contributed by atoms with Crippen LogP contribution < -0.4 is 10.0 Å². The van der Waals surface area contributed by atoms with Crippen LogP contribution in [0.5, 0.6) is 0 Å². The lowest BCUT2D eigenvalue weighted by molar-refractivity contribution is -0.130. The summed E-state index contributed by atoms with van der Waals surface area (Å²) in [5.41, 5.74) is -0.296. The maximum atomic E-state index is 12.3. The van der Waals surface area contributed by atoms with E-state index in [1.807, 2.05) is 20.8 Å². The van der Waals surface area contributed by atoms with E-state index < -0.39 is 39.6 Å². The van der Waals surface area contributed by atoms with Gasteiger partial charge in [0.05, 0.1) is 17.1 Å². The molecule has 2 N–H and O–H groups in total. The van der Waals surface area contributed by atoms with E-state index in [2.05, 4.69) is 10.0 Å². The van der Waals surface area contributed by atoms with E-state index in [4.69, 9.17) is 9.47 Å². The van der Waals surface area contributed by atoms with Crippen LogP contribution in [0.1, 0.15) is 45.0 Å². The molecule has 152 valence electrons. The van der Waals surface area contributed by atoms with Gasteiger partial charge in [-0.25, -0.2) is 17.9 Å². The number of sulfonamides is 1. The molecule has 0 bridgehead atoms. The van der Waals surface area contributed by atoms with Crippen molar-refractivity contribution in [3.05, 3.63) is 29.8 Å². The molecule has 1 amide bonds. The lowest BCUT2D eigenvalue weighted by Crippen LogP contribution is -2.46. The van der Waals surface area contributed by atoms with Crippen LogP contribution in [0.25, 0.3) is 0 Å². The first-order valence-corrected chi connectivity index (χ1v) is 9.98. The zero-order valence-electron chi connectivity index (χ0n) is 16.5. The Kier molecular flexibility index (Phi) is 7.94. The minimum atomic E-state index is -3.73. The van der Waals surface area contributed by atoms with E-state index in [0.29, 0.717) is 0 Å². The van der Waals surface area contributed by atoms with Gasteiger partial charge in [0.25, 0.3) is 5.91 Å². The second-order valence-corrected chi connectivity index (χ2v) is 9.00. The third kappa shape index (κ3) is 7.66. The maximum Gasteiger partial charge on any atom is 0.338 e. The summed E-state index contributed by atoms with van der Waals surface area (Å²) in [5.74, 6) is -1.12. The van der Waals surface area contributed by atoms with Gasteiger partial charge in [0.15, 0.2) is 6.10 Å². The molecule has 0 aliphatic carbocycles. The highest BCUT2D eigenvalue weighted by Gasteiger charge is 2.23. The van der Waals surface area contributed by atoms with Gasteiger partial charge >= 0.3 is 5.97 Å². The van der Waals surface area contributed by atoms with Crippen molar-refractivity contribution in [1.29, 1.82) is 0 Å². The third-order valence-electron chi connectivity index (χ3n) is 3.32. The SMILES string of the molecule is COC[C@@H](C)NS(=O)(=O)c1ccc(C(=O)O[C@H](C)C(=O)NC(C)(C)C)cc1. The number of hydrogen-bond donors (Lipinski definition) is 2. The molecule has 0 aliphatic heterocycles. The molecule has 0 unspecified atom stereocenters. The highest BCUT2D eigenvalue weighted by molar-refractivity contribution is 7.89. The largest absolute Gasteiger partial charge is 0.449 e.